The molecule has 0 bridgehead atoms. The molecular weight excluding hydrogens is 667 g/mol. The third kappa shape index (κ3) is 5.24. The summed E-state index contributed by atoms with van der Waals surface area (Å²) in [5.74, 6) is 0. The Kier molecular flexibility index (Phi) is 7.24. The maximum atomic E-state index is 5.21. The lowest BCUT2D eigenvalue weighted by Gasteiger charge is -2.25. The minimum atomic E-state index is -0.179. The van der Waals surface area contributed by atoms with Gasteiger partial charge in [0.15, 0.2) is 0 Å². The molecule has 0 aliphatic carbocycles. The van der Waals surface area contributed by atoms with Crippen molar-refractivity contribution in [3.8, 4) is 16.8 Å². The van der Waals surface area contributed by atoms with Gasteiger partial charge in [-0.05, 0) is 103 Å². The van der Waals surface area contributed by atoms with E-state index in [1.807, 2.05) is 6.07 Å². The van der Waals surface area contributed by atoms with Crippen LogP contribution in [0.2, 0.25) is 0 Å². The molecular formula is C52H35N3. The first-order chi connectivity index (χ1) is 27.3. The molecule has 0 radical (unpaired) electrons. The van der Waals surface area contributed by atoms with Gasteiger partial charge in [-0.25, -0.2) is 0 Å². The van der Waals surface area contributed by atoms with Crippen LogP contribution in [0.4, 0.5) is 0 Å². The van der Waals surface area contributed by atoms with Crippen molar-refractivity contribution >= 4 is 65.5 Å². The predicted octanol–water partition coefficient (Wildman–Crippen LogP) is 13.0. The molecule has 258 valence electrons. The van der Waals surface area contributed by atoms with E-state index in [-0.39, 0.29) is 6.17 Å². The fourth-order valence-corrected chi connectivity index (χ4v) is 8.59. The van der Waals surface area contributed by atoms with Crippen LogP contribution < -0.4 is 5.32 Å². The lowest BCUT2D eigenvalue weighted by molar-refractivity contribution is 0.664. The number of fused-ring (bicyclic) bond motifs is 8. The molecule has 0 amide bonds. The van der Waals surface area contributed by atoms with Crippen LogP contribution in [0.25, 0.3) is 76.6 Å². The number of aromatic nitrogens is 1. The number of nitrogens with one attached hydrogen (secondary N) is 1. The summed E-state index contributed by atoms with van der Waals surface area (Å²) in [6.07, 6.45) is 1.99. The summed E-state index contributed by atoms with van der Waals surface area (Å²) < 4.78 is 2.40. The molecule has 2 heterocycles. The van der Waals surface area contributed by atoms with E-state index in [0.29, 0.717) is 0 Å². The first-order valence-corrected chi connectivity index (χ1v) is 18.9. The maximum absolute atomic E-state index is 5.21. The van der Waals surface area contributed by atoms with E-state index in [0.717, 1.165) is 33.8 Å². The highest BCUT2D eigenvalue weighted by Gasteiger charge is 2.20. The molecule has 0 saturated heterocycles. The number of allylic oxidation sites excluding steroid dienone is 1. The van der Waals surface area contributed by atoms with Crippen molar-refractivity contribution in [1.82, 2.24) is 9.88 Å². The summed E-state index contributed by atoms with van der Waals surface area (Å²) in [7, 11) is 0. The maximum Gasteiger partial charge on any atom is 0.145 e. The van der Waals surface area contributed by atoms with E-state index in [1.54, 1.807) is 0 Å². The highest BCUT2D eigenvalue weighted by Crippen LogP contribution is 2.40. The van der Waals surface area contributed by atoms with Gasteiger partial charge >= 0.3 is 0 Å². The van der Waals surface area contributed by atoms with Gasteiger partial charge < -0.3 is 9.88 Å². The quantitative estimate of drug-likeness (QED) is 0.178. The lowest BCUT2D eigenvalue weighted by atomic mass is 9.92. The first kappa shape index (κ1) is 31.3. The molecule has 1 aliphatic heterocycles. The Morgan fingerprint density at radius 3 is 1.91 bits per heavy atom. The summed E-state index contributed by atoms with van der Waals surface area (Å²) >= 11 is 0. The van der Waals surface area contributed by atoms with Crippen LogP contribution in [0.3, 0.4) is 0 Å². The van der Waals surface area contributed by atoms with Gasteiger partial charge in [-0.3, -0.25) is 4.99 Å². The second-order valence-corrected chi connectivity index (χ2v) is 14.4. The summed E-state index contributed by atoms with van der Waals surface area (Å²) in [4.78, 5) is 5.21. The molecule has 1 N–H and O–H groups in total. The molecule has 3 heteroatoms. The zero-order chi connectivity index (χ0) is 36.3. The number of hydrogen-bond acceptors (Lipinski definition) is 2. The van der Waals surface area contributed by atoms with Crippen LogP contribution in [0.15, 0.2) is 205 Å². The number of aliphatic imine (C=N–C) groups is 1. The van der Waals surface area contributed by atoms with Gasteiger partial charge in [-0.15, -0.1) is 0 Å². The van der Waals surface area contributed by atoms with Crippen molar-refractivity contribution in [1.29, 1.82) is 0 Å². The Hall–Kier alpha value is -7.23. The van der Waals surface area contributed by atoms with Crippen LogP contribution in [0.1, 0.15) is 22.9 Å². The van der Waals surface area contributed by atoms with Crippen molar-refractivity contribution < 1.29 is 0 Å². The molecule has 55 heavy (non-hydrogen) atoms. The van der Waals surface area contributed by atoms with Crippen LogP contribution >= 0.6 is 0 Å². The summed E-state index contributed by atoms with van der Waals surface area (Å²) in [5, 5.41) is 13.8. The molecule has 10 aromatic rings. The second-order valence-electron chi connectivity index (χ2n) is 14.4. The summed E-state index contributed by atoms with van der Waals surface area (Å²) in [5.41, 5.74) is 11.4. The van der Waals surface area contributed by atoms with Crippen molar-refractivity contribution in [2.75, 3.05) is 0 Å². The SMILES string of the molecule is C1=C(c2ccccc2)NC(c2ccccc2)N=C1c1ccc(-n2c3ccccc3c3c4ccc(-c5cc6ccccc6c6ccccc56)cc4ccc32)cc1. The normalized spacial score (nSPS) is 14.4. The van der Waals surface area contributed by atoms with Crippen LogP contribution in [-0.2, 0) is 0 Å². The van der Waals surface area contributed by atoms with E-state index in [1.165, 1.54) is 65.3 Å². The standard InChI is InChI=1S/C52H35N3/c1-3-13-34(14-4-1)47-33-48(54-52(53-47)36-15-5-2-6-16-36)35-23-27-40(28-24-35)55-49-22-12-11-21-45(49)51-42-29-25-39(31-38(42)26-30-50(51)55)46-32-37-17-7-8-18-41(37)43-19-9-10-20-44(43)46/h1-33,52-53H. The number of hydrogen-bond donors (Lipinski definition) is 1. The molecule has 3 nitrogen and oxygen atoms in total. The van der Waals surface area contributed by atoms with Crippen molar-refractivity contribution in [3.05, 3.63) is 217 Å². The van der Waals surface area contributed by atoms with Crippen LogP contribution in [-0.4, -0.2) is 10.3 Å². The Balaban J connectivity index is 1.02. The summed E-state index contributed by atoms with van der Waals surface area (Å²) in [6, 6.07) is 70.0. The highest BCUT2D eigenvalue weighted by molar-refractivity contribution is 6.22. The third-order valence-electron chi connectivity index (χ3n) is 11.2. The van der Waals surface area contributed by atoms with Gasteiger partial charge in [0.05, 0.1) is 16.7 Å². The van der Waals surface area contributed by atoms with Crippen molar-refractivity contribution in [3.63, 3.8) is 0 Å². The van der Waals surface area contributed by atoms with Crippen molar-refractivity contribution in [2.24, 2.45) is 4.99 Å². The Bertz CT molecular complexity index is 3150. The minimum Gasteiger partial charge on any atom is -0.360 e. The van der Waals surface area contributed by atoms with Gasteiger partial charge in [0.2, 0.25) is 0 Å². The minimum absolute atomic E-state index is 0.179. The zero-order valence-electron chi connectivity index (χ0n) is 30.0. The van der Waals surface area contributed by atoms with Gasteiger partial charge in [-0.2, -0.15) is 0 Å². The van der Waals surface area contributed by atoms with E-state index >= 15 is 0 Å². The third-order valence-corrected chi connectivity index (χ3v) is 11.2. The van der Waals surface area contributed by atoms with E-state index < -0.39 is 0 Å². The van der Waals surface area contributed by atoms with Crippen molar-refractivity contribution in [2.45, 2.75) is 6.17 Å². The molecule has 11 rings (SSSR count). The molecule has 0 spiro atoms. The van der Waals surface area contributed by atoms with Gasteiger partial charge in [0.1, 0.15) is 6.17 Å². The molecule has 0 fully saturated rings. The number of rotatable bonds is 5. The van der Waals surface area contributed by atoms with Gasteiger partial charge in [0, 0.05) is 22.2 Å². The zero-order valence-corrected chi connectivity index (χ0v) is 30.0. The average molecular weight is 702 g/mol. The fraction of sp³-hybridized carbons (Fsp3) is 0.0192. The molecule has 1 unspecified atom stereocenters. The van der Waals surface area contributed by atoms with E-state index in [4.69, 9.17) is 4.99 Å². The summed E-state index contributed by atoms with van der Waals surface area (Å²) in [6.45, 7) is 0. The van der Waals surface area contributed by atoms with Gasteiger partial charge in [0.25, 0.3) is 0 Å². The topological polar surface area (TPSA) is 29.3 Å². The number of nitrogens with zero attached hydrogens (tertiary/aromatic N) is 2. The molecule has 1 aliphatic rings. The average Bonchev–Trinajstić information content (AvgIpc) is 3.61. The molecule has 1 aromatic heterocycles. The van der Waals surface area contributed by atoms with E-state index in [2.05, 4.69) is 204 Å². The molecule has 9 aromatic carbocycles. The Morgan fingerprint density at radius 1 is 0.436 bits per heavy atom. The van der Waals surface area contributed by atoms with Gasteiger partial charge in [-0.1, -0.05) is 158 Å². The number of para-hydroxylation sites is 1. The Labute approximate surface area is 319 Å². The second kappa shape index (κ2) is 12.7. The molecule has 0 saturated carbocycles. The predicted molar refractivity (Wildman–Crippen MR) is 232 cm³/mol. The Morgan fingerprint density at radius 2 is 1.09 bits per heavy atom. The van der Waals surface area contributed by atoms with Crippen LogP contribution in [0, 0.1) is 0 Å². The largest absolute Gasteiger partial charge is 0.360 e. The smallest absolute Gasteiger partial charge is 0.145 e. The number of benzene rings is 9. The lowest BCUT2D eigenvalue weighted by Crippen LogP contribution is -2.24. The highest BCUT2D eigenvalue weighted by atomic mass is 15.1. The van der Waals surface area contributed by atoms with E-state index in [9.17, 15) is 0 Å². The molecule has 1 atom stereocenters. The fourth-order valence-electron chi connectivity index (χ4n) is 8.59. The monoisotopic (exact) mass is 701 g/mol. The van der Waals surface area contributed by atoms with Crippen LogP contribution in [0.5, 0.6) is 0 Å². The first-order valence-electron chi connectivity index (χ1n) is 18.9.